The van der Waals surface area contributed by atoms with E-state index in [1.165, 1.54) is 76.3 Å². The van der Waals surface area contributed by atoms with Crippen molar-refractivity contribution in [3.05, 3.63) is 12.7 Å². The lowest BCUT2D eigenvalue weighted by Crippen LogP contribution is -2.24. The number of hydrogen-bond donors (Lipinski definition) is 0. The van der Waals surface area contributed by atoms with Crippen LogP contribution in [0.25, 0.3) is 0 Å². The van der Waals surface area contributed by atoms with Gasteiger partial charge in [0.2, 0.25) is 0 Å². The first-order valence-corrected chi connectivity index (χ1v) is 12.6. The van der Waals surface area contributed by atoms with Gasteiger partial charge >= 0.3 is 0 Å². The van der Waals surface area contributed by atoms with Crippen molar-refractivity contribution in [2.24, 2.45) is 4.99 Å². The zero-order chi connectivity index (χ0) is 15.8. The number of allylic oxidation sites excluding steroid dienone is 1. The summed E-state index contributed by atoms with van der Waals surface area (Å²) < 4.78 is 0. The van der Waals surface area contributed by atoms with Crippen molar-refractivity contribution in [1.29, 1.82) is 0 Å². The Balaban J connectivity index is 3.27. The standard InChI is InChI=1S/C19H39NSi/c1-5-7-8-9-10-11-12-13-14-15-16-20-17-19-21(3,4)18-6-2/h6,17H,2,5,7-16,18-19H2,1,3-4H3. The van der Waals surface area contributed by atoms with E-state index in [2.05, 4.69) is 43.9 Å². The second-order valence-electron chi connectivity index (χ2n) is 7.13. The molecular formula is C19H39NSi. The van der Waals surface area contributed by atoms with Crippen LogP contribution in [-0.2, 0) is 0 Å². The number of aliphatic imine (C=N–C) groups is 1. The minimum absolute atomic E-state index is 1.04. The summed E-state index contributed by atoms with van der Waals surface area (Å²) in [5.41, 5.74) is 0. The largest absolute Gasteiger partial charge is 0.298 e. The van der Waals surface area contributed by atoms with Crippen LogP contribution in [0, 0.1) is 0 Å². The molecule has 0 aliphatic heterocycles. The zero-order valence-electron chi connectivity index (χ0n) is 15.0. The third-order valence-electron chi connectivity index (χ3n) is 4.11. The molecule has 0 aromatic heterocycles. The Labute approximate surface area is 135 Å². The van der Waals surface area contributed by atoms with Crippen LogP contribution in [0.1, 0.15) is 71.1 Å². The maximum atomic E-state index is 4.58. The molecule has 0 saturated heterocycles. The Morgan fingerprint density at radius 1 is 0.810 bits per heavy atom. The summed E-state index contributed by atoms with van der Waals surface area (Å²) in [7, 11) is -1.07. The van der Waals surface area contributed by atoms with Crippen molar-refractivity contribution in [2.45, 2.75) is 96.3 Å². The molecule has 0 aliphatic rings. The fourth-order valence-electron chi connectivity index (χ4n) is 2.57. The van der Waals surface area contributed by atoms with E-state index in [0.717, 1.165) is 6.54 Å². The third-order valence-corrected chi connectivity index (χ3v) is 6.79. The lowest BCUT2D eigenvalue weighted by Gasteiger charge is -2.16. The zero-order valence-corrected chi connectivity index (χ0v) is 16.0. The fraction of sp³-hybridized carbons (Fsp3) is 0.842. The van der Waals surface area contributed by atoms with Crippen LogP contribution >= 0.6 is 0 Å². The molecule has 0 fully saturated rings. The van der Waals surface area contributed by atoms with Gasteiger partial charge in [0.1, 0.15) is 0 Å². The first kappa shape index (κ1) is 20.6. The van der Waals surface area contributed by atoms with E-state index < -0.39 is 8.07 Å². The minimum Gasteiger partial charge on any atom is -0.298 e. The topological polar surface area (TPSA) is 12.4 Å². The second kappa shape index (κ2) is 14.6. The van der Waals surface area contributed by atoms with Gasteiger partial charge < -0.3 is 0 Å². The Kier molecular flexibility index (Phi) is 14.3. The highest BCUT2D eigenvalue weighted by Crippen LogP contribution is 2.14. The Morgan fingerprint density at radius 3 is 1.86 bits per heavy atom. The molecule has 0 amide bonds. The normalized spacial score (nSPS) is 12.1. The summed E-state index contributed by atoms with van der Waals surface area (Å²) in [6.45, 7) is 12.0. The molecule has 0 spiro atoms. The molecule has 0 aromatic rings. The molecule has 0 rings (SSSR count). The molecule has 124 valence electrons. The highest BCUT2D eigenvalue weighted by Gasteiger charge is 2.16. The van der Waals surface area contributed by atoms with Gasteiger partial charge in [-0.25, -0.2) is 0 Å². The molecule has 21 heavy (non-hydrogen) atoms. The number of hydrogen-bond acceptors (Lipinski definition) is 1. The molecule has 0 saturated carbocycles. The molecule has 2 heteroatoms. The van der Waals surface area contributed by atoms with E-state index in [-0.39, 0.29) is 0 Å². The van der Waals surface area contributed by atoms with Crippen LogP contribution in [0.5, 0.6) is 0 Å². The van der Waals surface area contributed by atoms with E-state index in [0.29, 0.717) is 0 Å². The number of unbranched alkanes of at least 4 members (excludes halogenated alkanes) is 9. The fourth-order valence-corrected chi connectivity index (χ4v) is 4.14. The van der Waals surface area contributed by atoms with Crippen molar-refractivity contribution in [1.82, 2.24) is 0 Å². The Morgan fingerprint density at radius 2 is 1.33 bits per heavy atom. The Bertz CT molecular complexity index is 258. The van der Waals surface area contributed by atoms with Crippen molar-refractivity contribution in [2.75, 3.05) is 6.54 Å². The van der Waals surface area contributed by atoms with Crippen molar-refractivity contribution < 1.29 is 0 Å². The predicted molar refractivity (Wildman–Crippen MR) is 102 cm³/mol. The number of nitrogens with zero attached hydrogens (tertiary/aromatic N) is 1. The van der Waals surface area contributed by atoms with Gasteiger partial charge in [0.25, 0.3) is 0 Å². The van der Waals surface area contributed by atoms with E-state index in [1.807, 2.05) is 0 Å². The molecule has 0 N–H and O–H groups in total. The van der Waals surface area contributed by atoms with Crippen LogP contribution in [0.3, 0.4) is 0 Å². The van der Waals surface area contributed by atoms with Crippen molar-refractivity contribution in [3.8, 4) is 0 Å². The average Bonchev–Trinajstić information content (AvgIpc) is 2.44. The summed E-state index contributed by atoms with van der Waals surface area (Å²) in [5, 5.41) is 0. The number of rotatable bonds is 15. The second-order valence-corrected chi connectivity index (χ2v) is 12.3. The van der Waals surface area contributed by atoms with Gasteiger partial charge in [-0.15, -0.1) is 6.58 Å². The minimum atomic E-state index is -1.07. The van der Waals surface area contributed by atoms with E-state index in [9.17, 15) is 0 Å². The summed E-state index contributed by atoms with van der Waals surface area (Å²) >= 11 is 0. The average molecular weight is 310 g/mol. The summed E-state index contributed by atoms with van der Waals surface area (Å²) in [5.74, 6) is 0. The highest BCUT2D eigenvalue weighted by atomic mass is 28.3. The molecule has 1 nitrogen and oxygen atoms in total. The maximum absolute atomic E-state index is 4.58. The molecule has 0 aliphatic carbocycles. The maximum Gasteiger partial charge on any atom is 0.0565 e. The van der Waals surface area contributed by atoms with E-state index in [1.54, 1.807) is 0 Å². The Hall–Kier alpha value is -0.373. The SMILES string of the molecule is C=CC[Si](C)(C)CC=NCCCCCCCCCCCC. The van der Waals surface area contributed by atoms with Gasteiger partial charge in [-0.2, -0.15) is 0 Å². The van der Waals surface area contributed by atoms with Crippen LogP contribution in [0.2, 0.25) is 25.2 Å². The molecule has 0 heterocycles. The monoisotopic (exact) mass is 309 g/mol. The van der Waals surface area contributed by atoms with Gasteiger partial charge in [0.05, 0.1) is 8.07 Å². The van der Waals surface area contributed by atoms with Gasteiger partial charge in [-0.05, 0) is 24.7 Å². The first-order chi connectivity index (χ1) is 10.1. The lowest BCUT2D eigenvalue weighted by molar-refractivity contribution is 0.558. The molecule has 0 unspecified atom stereocenters. The van der Waals surface area contributed by atoms with Crippen LogP contribution < -0.4 is 0 Å². The molecule has 0 atom stereocenters. The van der Waals surface area contributed by atoms with Crippen LogP contribution in [0.4, 0.5) is 0 Å². The predicted octanol–water partition coefficient (Wildman–Crippen LogP) is 6.87. The van der Waals surface area contributed by atoms with Crippen LogP contribution in [0.15, 0.2) is 17.6 Å². The summed E-state index contributed by atoms with van der Waals surface area (Å²) in [6, 6.07) is 2.41. The summed E-state index contributed by atoms with van der Waals surface area (Å²) in [4.78, 5) is 4.58. The van der Waals surface area contributed by atoms with E-state index >= 15 is 0 Å². The highest BCUT2D eigenvalue weighted by molar-refractivity contribution is 6.79. The quantitative estimate of drug-likeness (QED) is 0.135. The lowest BCUT2D eigenvalue weighted by atomic mass is 10.1. The molecule has 0 aromatic carbocycles. The van der Waals surface area contributed by atoms with Gasteiger partial charge in [-0.1, -0.05) is 83.9 Å². The van der Waals surface area contributed by atoms with Gasteiger partial charge in [0, 0.05) is 6.54 Å². The molecule has 0 radical (unpaired) electrons. The summed E-state index contributed by atoms with van der Waals surface area (Å²) in [6.07, 6.45) is 18.3. The first-order valence-electron chi connectivity index (χ1n) is 9.21. The smallest absolute Gasteiger partial charge is 0.0565 e. The van der Waals surface area contributed by atoms with Crippen molar-refractivity contribution >= 4 is 14.3 Å². The van der Waals surface area contributed by atoms with Gasteiger partial charge in [0.15, 0.2) is 0 Å². The van der Waals surface area contributed by atoms with Crippen molar-refractivity contribution in [3.63, 3.8) is 0 Å². The van der Waals surface area contributed by atoms with Gasteiger partial charge in [-0.3, -0.25) is 4.99 Å². The molecular weight excluding hydrogens is 270 g/mol. The van der Waals surface area contributed by atoms with E-state index in [4.69, 9.17) is 0 Å². The third kappa shape index (κ3) is 15.8. The molecule has 0 bridgehead atoms. The van der Waals surface area contributed by atoms with Crippen LogP contribution in [-0.4, -0.2) is 20.8 Å².